The van der Waals surface area contributed by atoms with Crippen molar-refractivity contribution in [3.05, 3.63) is 98.4 Å². The minimum Gasteiger partial charge on any atom is -0.487 e. The molecule has 0 atom stereocenters. The molecule has 10 heteroatoms. The van der Waals surface area contributed by atoms with Gasteiger partial charge in [-0.25, -0.2) is 14.8 Å². The van der Waals surface area contributed by atoms with Crippen LogP contribution < -0.4 is 10.5 Å². The Morgan fingerprint density at radius 2 is 2.00 bits per heavy atom. The van der Waals surface area contributed by atoms with Crippen molar-refractivity contribution in [2.75, 3.05) is 0 Å². The molecule has 5 aromatic rings. The number of aromatic nitrogens is 6. The van der Waals surface area contributed by atoms with Crippen LogP contribution in [0, 0.1) is 0 Å². The quantitative estimate of drug-likeness (QED) is 0.362. The fraction of sp³-hybridized carbons (Fsp3) is 0.222. The van der Waals surface area contributed by atoms with Gasteiger partial charge in [0.25, 0.3) is 0 Å². The molecule has 0 saturated heterocycles. The highest BCUT2D eigenvalue weighted by Crippen LogP contribution is 2.42. The topological polar surface area (TPSA) is 112 Å². The Labute approximate surface area is 215 Å². The van der Waals surface area contributed by atoms with E-state index in [4.69, 9.17) is 30.8 Å². The first-order valence-electron chi connectivity index (χ1n) is 12.1. The normalized spacial score (nSPS) is 16.2. The van der Waals surface area contributed by atoms with Gasteiger partial charge in [-0.15, -0.1) is 0 Å². The van der Waals surface area contributed by atoms with Gasteiger partial charge in [-0.2, -0.15) is 0 Å². The molecule has 7 rings (SSSR count). The van der Waals surface area contributed by atoms with Crippen LogP contribution in [0.25, 0.3) is 22.3 Å². The Morgan fingerprint density at radius 3 is 2.81 bits per heavy atom. The van der Waals surface area contributed by atoms with Crippen LogP contribution in [0.3, 0.4) is 0 Å². The lowest BCUT2D eigenvalue weighted by Gasteiger charge is -2.14. The maximum atomic E-state index is 11.7. The molecule has 184 valence electrons. The molecule has 1 aliphatic heterocycles. The molecule has 37 heavy (non-hydrogen) atoms. The van der Waals surface area contributed by atoms with E-state index in [0.29, 0.717) is 29.9 Å². The molecule has 0 radical (unpaired) electrons. The number of halogens is 1. The summed E-state index contributed by atoms with van der Waals surface area (Å²) >= 11 is 6.44. The third-order valence-electron chi connectivity index (χ3n) is 6.87. The Kier molecular flexibility index (Phi) is 5.00. The van der Waals surface area contributed by atoms with Gasteiger partial charge in [0.1, 0.15) is 23.7 Å². The second-order valence-electron chi connectivity index (χ2n) is 9.32. The predicted octanol–water partition coefficient (Wildman–Crippen LogP) is 4.95. The van der Waals surface area contributed by atoms with E-state index in [9.17, 15) is 4.79 Å². The number of ether oxygens (including phenoxy) is 1. The summed E-state index contributed by atoms with van der Waals surface area (Å²) in [5.74, 6) is 1.93. The average Bonchev–Trinajstić information content (AvgIpc) is 3.59. The van der Waals surface area contributed by atoms with E-state index in [0.717, 1.165) is 69.2 Å². The Hall–Kier alpha value is -4.24. The molecule has 0 bridgehead atoms. The summed E-state index contributed by atoms with van der Waals surface area (Å²) in [5.41, 5.74) is 6.59. The molecule has 0 spiro atoms. The van der Waals surface area contributed by atoms with Gasteiger partial charge in [-0.05, 0) is 38.0 Å². The van der Waals surface area contributed by atoms with Gasteiger partial charge in [0.15, 0.2) is 11.5 Å². The van der Waals surface area contributed by atoms with Crippen molar-refractivity contribution in [1.82, 2.24) is 29.7 Å². The van der Waals surface area contributed by atoms with Crippen LogP contribution >= 0.6 is 11.6 Å². The summed E-state index contributed by atoms with van der Waals surface area (Å²) < 4.78 is 13.1. The standard InChI is InChI=1S/C27H21ClN6O3/c1-14(24-32-27(35)37-33-24)22-17-9-8-16(30-20(17)13-36-21-5-3-2-4-18(21)22)12-34-25(15-6-7-15)31-23-19(28)10-11-29-26(23)34/h2-5,8-11,15H,6-7,12-13H2,1H3,(H,32,33,35)/b22-14+. The molecule has 4 aromatic heterocycles. The third kappa shape index (κ3) is 3.74. The lowest BCUT2D eigenvalue weighted by molar-refractivity contribution is 0.302. The fourth-order valence-electron chi connectivity index (χ4n) is 4.95. The summed E-state index contributed by atoms with van der Waals surface area (Å²) in [7, 11) is 0. The van der Waals surface area contributed by atoms with Crippen LogP contribution in [-0.2, 0) is 13.2 Å². The molecule has 1 aromatic carbocycles. The second-order valence-corrected chi connectivity index (χ2v) is 9.73. The molecular formula is C27H21ClN6O3. The summed E-state index contributed by atoms with van der Waals surface area (Å²) in [6.07, 6.45) is 3.94. The summed E-state index contributed by atoms with van der Waals surface area (Å²) in [6.45, 7) is 2.72. The monoisotopic (exact) mass is 512 g/mol. The Bertz CT molecular complexity index is 1780. The lowest BCUT2D eigenvalue weighted by Crippen LogP contribution is -2.09. The highest BCUT2D eigenvalue weighted by atomic mass is 35.5. The summed E-state index contributed by atoms with van der Waals surface area (Å²) in [6, 6.07) is 13.6. The number of hydrogen-bond acceptors (Lipinski definition) is 7. The molecule has 0 unspecified atom stereocenters. The van der Waals surface area contributed by atoms with Gasteiger partial charge in [0, 0.05) is 34.4 Å². The number of hydrogen-bond donors (Lipinski definition) is 1. The number of allylic oxidation sites excluding steroid dienone is 1. The number of pyridine rings is 2. The maximum Gasteiger partial charge on any atom is 0.439 e. The second kappa shape index (κ2) is 8.41. The first-order valence-corrected chi connectivity index (χ1v) is 12.4. The van der Waals surface area contributed by atoms with Crippen LogP contribution in [0.4, 0.5) is 0 Å². The number of fused-ring (bicyclic) bond motifs is 3. The number of para-hydroxylation sites is 1. The minimum absolute atomic E-state index is 0.302. The van der Waals surface area contributed by atoms with Crippen molar-refractivity contribution < 1.29 is 9.26 Å². The van der Waals surface area contributed by atoms with Crippen LogP contribution in [0.2, 0.25) is 5.02 Å². The number of H-pyrrole nitrogens is 1. The van der Waals surface area contributed by atoms with Crippen molar-refractivity contribution in [2.45, 2.75) is 38.8 Å². The maximum absolute atomic E-state index is 11.7. The first kappa shape index (κ1) is 22.0. The molecular weight excluding hydrogens is 492 g/mol. The van der Waals surface area contributed by atoms with Crippen molar-refractivity contribution in [3.63, 3.8) is 0 Å². The molecule has 1 fully saturated rings. The van der Waals surface area contributed by atoms with Crippen molar-refractivity contribution >= 4 is 33.9 Å². The predicted molar refractivity (Wildman–Crippen MR) is 137 cm³/mol. The van der Waals surface area contributed by atoms with E-state index in [2.05, 4.69) is 25.8 Å². The van der Waals surface area contributed by atoms with Crippen molar-refractivity contribution in [3.8, 4) is 5.75 Å². The number of rotatable bonds is 4. The van der Waals surface area contributed by atoms with Crippen LogP contribution in [-0.4, -0.2) is 29.7 Å². The Balaban J connectivity index is 1.36. The summed E-state index contributed by atoms with van der Waals surface area (Å²) in [4.78, 5) is 28.8. The minimum atomic E-state index is -0.602. The lowest BCUT2D eigenvalue weighted by atomic mass is 9.92. The number of aromatic amines is 1. The number of benzene rings is 1. The number of nitrogens with zero attached hydrogens (tertiary/aromatic N) is 5. The SMILES string of the molecule is C/C(=C1\c2ccccc2OCc2nc(Cn3c(C4CC4)nc4c(Cl)ccnc43)ccc21)c1noc(=O)[nH]1. The van der Waals surface area contributed by atoms with Gasteiger partial charge in [-0.3, -0.25) is 14.5 Å². The molecule has 0 amide bonds. The third-order valence-corrected chi connectivity index (χ3v) is 7.17. The Morgan fingerprint density at radius 1 is 1.14 bits per heavy atom. The van der Waals surface area contributed by atoms with Crippen LogP contribution in [0.15, 0.2) is 58.0 Å². The highest BCUT2D eigenvalue weighted by Gasteiger charge is 2.31. The van der Waals surface area contributed by atoms with Gasteiger partial charge < -0.3 is 9.30 Å². The molecule has 1 N–H and O–H groups in total. The van der Waals surface area contributed by atoms with Crippen molar-refractivity contribution in [2.24, 2.45) is 0 Å². The van der Waals surface area contributed by atoms with Crippen LogP contribution in [0.1, 0.15) is 59.8 Å². The van der Waals surface area contributed by atoms with E-state index in [1.165, 1.54) is 0 Å². The van der Waals surface area contributed by atoms with Gasteiger partial charge in [0.2, 0.25) is 0 Å². The first-order chi connectivity index (χ1) is 18.1. The number of nitrogens with one attached hydrogen (secondary N) is 1. The van der Waals surface area contributed by atoms with E-state index in [-0.39, 0.29) is 0 Å². The largest absolute Gasteiger partial charge is 0.487 e. The van der Waals surface area contributed by atoms with E-state index >= 15 is 0 Å². The van der Waals surface area contributed by atoms with E-state index < -0.39 is 5.76 Å². The molecule has 2 aliphatic rings. The smallest absolute Gasteiger partial charge is 0.439 e. The van der Waals surface area contributed by atoms with Gasteiger partial charge >= 0.3 is 5.76 Å². The van der Waals surface area contributed by atoms with Crippen LogP contribution in [0.5, 0.6) is 5.75 Å². The van der Waals surface area contributed by atoms with E-state index in [1.54, 1.807) is 12.3 Å². The number of imidazole rings is 1. The zero-order chi connectivity index (χ0) is 25.1. The zero-order valence-electron chi connectivity index (χ0n) is 19.9. The molecule has 9 nitrogen and oxygen atoms in total. The average molecular weight is 513 g/mol. The van der Waals surface area contributed by atoms with E-state index in [1.807, 2.05) is 37.3 Å². The fourth-order valence-corrected chi connectivity index (χ4v) is 5.14. The molecule has 1 aliphatic carbocycles. The van der Waals surface area contributed by atoms with Gasteiger partial charge in [0.05, 0.1) is 23.0 Å². The van der Waals surface area contributed by atoms with Gasteiger partial charge in [-0.1, -0.05) is 41.0 Å². The molecule has 5 heterocycles. The zero-order valence-corrected chi connectivity index (χ0v) is 20.6. The molecule has 1 saturated carbocycles. The highest BCUT2D eigenvalue weighted by molar-refractivity contribution is 6.34. The summed E-state index contributed by atoms with van der Waals surface area (Å²) in [5, 5.41) is 4.51. The van der Waals surface area contributed by atoms with Crippen molar-refractivity contribution in [1.29, 1.82) is 0 Å².